The maximum Gasteiger partial charge on any atom is 0.244 e. The van der Waals surface area contributed by atoms with Crippen molar-refractivity contribution < 1.29 is 4.79 Å². The van der Waals surface area contributed by atoms with Crippen molar-refractivity contribution in [1.29, 1.82) is 0 Å². The summed E-state index contributed by atoms with van der Waals surface area (Å²) < 4.78 is 0. The number of amides is 1. The summed E-state index contributed by atoms with van der Waals surface area (Å²) in [5, 5.41) is 3.10. The number of carbonyl (C=O) groups is 1. The topological polar surface area (TPSA) is 45.2 Å². The zero-order valence-electron chi connectivity index (χ0n) is 12.1. The molecule has 1 rings (SSSR count). The lowest BCUT2D eigenvalue weighted by Gasteiger charge is -2.20. The van der Waals surface area contributed by atoms with Crippen molar-refractivity contribution in [1.82, 2.24) is 9.88 Å². The molecule has 0 aliphatic rings. The van der Waals surface area contributed by atoms with E-state index in [0.29, 0.717) is 0 Å². The van der Waals surface area contributed by atoms with Crippen LogP contribution in [-0.4, -0.2) is 35.9 Å². The summed E-state index contributed by atoms with van der Waals surface area (Å²) in [6, 6.07) is 3.69. The molecule has 0 spiro atoms. The second-order valence-electron chi connectivity index (χ2n) is 5.78. The second kappa shape index (κ2) is 5.38. The molecule has 1 amide bonds. The van der Waals surface area contributed by atoms with Crippen molar-refractivity contribution >= 4 is 11.7 Å². The van der Waals surface area contributed by atoms with Crippen LogP contribution in [0.3, 0.4) is 0 Å². The van der Waals surface area contributed by atoms with Gasteiger partial charge in [-0.3, -0.25) is 4.79 Å². The maximum atomic E-state index is 11.7. The van der Waals surface area contributed by atoms with Crippen LogP contribution in [0.5, 0.6) is 0 Å². The van der Waals surface area contributed by atoms with E-state index in [0.717, 1.165) is 5.82 Å². The molecular formula is C14H23N3O. The SMILES string of the molecule is CC(Nc1ccc(C(C)(C)C)cn1)C(=O)N(C)C. The van der Waals surface area contributed by atoms with Gasteiger partial charge >= 0.3 is 0 Å². The molecule has 1 aromatic heterocycles. The van der Waals surface area contributed by atoms with Gasteiger partial charge in [-0.1, -0.05) is 26.8 Å². The highest BCUT2D eigenvalue weighted by molar-refractivity contribution is 5.83. The van der Waals surface area contributed by atoms with Crippen LogP contribution >= 0.6 is 0 Å². The van der Waals surface area contributed by atoms with Gasteiger partial charge in [-0.05, 0) is 24.0 Å². The number of pyridine rings is 1. The molecule has 1 aromatic rings. The molecule has 100 valence electrons. The lowest BCUT2D eigenvalue weighted by atomic mass is 9.88. The smallest absolute Gasteiger partial charge is 0.244 e. The number of aromatic nitrogens is 1. The van der Waals surface area contributed by atoms with Crippen LogP contribution in [0.15, 0.2) is 18.3 Å². The van der Waals surface area contributed by atoms with Crippen LogP contribution in [0.4, 0.5) is 5.82 Å². The van der Waals surface area contributed by atoms with Gasteiger partial charge in [-0.15, -0.1) is 0 Å². The number of hydrogen-bond acceptors (Lipinski definition) is 3. The fourth-order valence-electron chi connectivity index (χ4n) is 1.59. The lowest BCUT2D eigenvalue weighted by molar-refractivity contribution is -0.129. The molecule has 0 saturated heterocycles. The lowest BCUT2D eigenvalue weighted by Crippen LogP contribution is -2.36. The van der Waals surface area contributed by atoms with Crippen molar-refractivity contribution in [3.05, 3.63) is 23.9 Å². The summed E-state index contributed by atoms with van der Waals surface area (Å²) in [5.74, 6) is 0.766. The third-order valence-corrected chi connectivity index (χ3v) is 2.81. The van der Waals surface area contributed by atoms with Gasteiger partial charge in [0.15, 0.2) is 0 Å². The standard InChI is InChI=1S/C14H23N3O/c1-10(13(18)17(5)6)16-12-8-7-11(9-15-12)14(2,3)4/h7-10H,1-6H3,(H,15,16). The third kappa shape index (κ3) is 3.72. The Hall–Kier alpha value is -1.58. The fourth-order valence-corrected chi connectivity index (χ4v) is 1.59. The quantitative estimate of drug-likeness (QED) is 0.893. The number of nitrogens with zero attached hydrogens (tertiary/aromatic N) is 2. The van der Waals surface area contributed by atoms with E-state index in [1.165, 1.54) is 5.56 Å². The summed E-state index contributed by atoms with van der Waals surface area (Å²) in [5.41, 5.74) is 1.27. The average molecular weight is 249 g/mol. The van der Waals surface area contributed by atoms with Gasteiger partial charge in [-0.2, -0.15) is 0 Å². The Morgan fingerprint density at radius 3 is 2.33 bits per heavy atom. The molecule has 1 atom stereocenters. The van der Waals surface area contributed by atoms with Crippen molar-refractivity contribution in [2.24, 2.45) is 0 Å². The minimum absolute atomic E-state index is 0.0386. The number of carbonyl (C=O) groups excluding carboxylic acids is 1. The third-order valence-electron chi connectivity index (χ3n) is 2.81. The van der Waals surface area contributed by atoms with Gasteiger partial charge in [0.2, 0.25) is 5.91 Å². The van der Waals surface area contributed by atoms with Crippen LogP contribution in [0.2, 0.25) is 0 Å². The van der Waals surface area contributed by atoms with Crippen molar-refractivity contribution in [3.63, 3.8) is 0 Å². The van der Waals surface area contributed by atoms with Gasteiger partial charge in [0.1, 0.15) is 11.9 Å². The molecule has 1 N–H and O–H groups in total. The molecule has 1 heterocycles. The summed E-state index contributed by atoms with van der Waals surface area (Å²) in [7, 11) is 3.49. The molecule has 0 aliphatic heterocycles. The average Bonchev–Trinajstić information content (AvgIpc) is 2.27. The molecule has 0 fully saturated rings. The van der Waals surface area contributed by atoms with Crippen LogP contribution < -0.4 is 5.32 Å². The molecule has 0 saturated carbocycles. The minimum Gasteiger partial charge on any atom is -0.359 e. The van der Waals surface area contributed by atoms with E-state index < -0.39 is 0 Å². The van der Waals surface area contributed by atoms with Crippen molar-refractivity contribution in [3.8, 4) is 0 Å². The second-order valence-corrected chi connectivity index (χ2v) is 5.78. The van der Waals surface area contributed by atoms with E-state index in [9.17, 15) is 4.79 Å². The van der Waals surface area contributed by atoms with E-state index in [4.69, 9.17) is 0 Å². The molecule has 0 radical (unpaired) electrons. The first-order chi connectivity index (χ1) is 8.21. The molecule has 4 nitrogen and oxygen atoms in total. The van der Waals surface area contributed by atoms with Gasteiger partial charge in [0, 0.05) is 20.3 Å². The predicted octanol–water partition coefficient (Wildman–Crippen LogP) is 2.27. The first kappa shape index (κ1) is 14.5. The van der Waals surface area contributed by atoms with Crippen LogP contribution in [0, 0.1) is 0 Å². The van der Waals surface area contributed by atoms with Gasteiger partial charge in [0.05, 0.1) is 0 Å². The van der Waals surface area contributed by atoms with E-state index in [1.807, 2.05) is 25.3 Å². The van der Waals surface area contributed by atoms with Crippen LogP contribution in [-0.2, 0) is 10.2 Å². The fraction of sp³-hybridized carbons (Fsp3) is 0.571. The number of hydrogen-bond donors (Lipinski definition) is 1. The first-order valence-corrected chi connectivity index (χ1v) is 6.16. The molecule has 0 bridgehead atoms. The molecule has 0 aromatic carbocycles. The Labute approximate surface area is 109 Å². The number of rotatable bonds is 3. The summed E-state index contributed by atoms with van der Waals surface area (Å²) >= 11 is 0. The zero-order valence-corrected chi connectivity index (χ0v) is 12.1. The predicted molar refractivity (Wildman–Crippen MR) is 74.7 cm³/mol. The van der Waals surface area contributed by atoms with E-state index in [1.54, 1.807) is 19.0 Å². The molecular weight excluding hydrogens is 226 g/mol. The first-order valence-electron chi connectivity index (χ1n) is 6.16. The van der Waals surface area contributed by atoms with Gasteiger partial charge in [0.25, 0.3) is 0 Å². The Kier molecular flexibility index (Phi) is 4.33. The highest BCUT2D eigenvalue weighted by Crippen LogP contribution is 2.22. The number of nitrogens with one attached hydrogen (secondary N) is 1. The summed E-state index contributed by atoms with van der Waals surface area (Å²) in [6.45, 7) is 8.28. The van der Waals surface area contributed by atoms with Crippen molar-refractivity contribution in [2.75, 3.05) is 19.4 Å². The molecule has 18 heavy (non-hydrogen) atoms. The van der Waals surface area contributed by atoms with Crippen LogP contribution in [0.25, 0.3) is 0 Å². The summed E-state index contributed by atoms with van der Waals surface area (Å²) in [4.78, 5) is 17.6. The van der Waals surface area contributed by atoms with Crippen LogP contribution in [0.1, 0.15) is 33.3 Å². The highest BCUT2D eigenvalue weighted by Gasteiger charge is 2.16. The van der Waals surface area contributed by atoms with E-state index in [2.05, 4.69) is 31.1 Å². The monoisotopic (exact) mass is 249 g/mol. The number of likely N-dealkylation sites (N-methyl/N-ethyl adjacent to an activating group) is 1. The summed E-state index contributed by atoms with van der Waals surface area (Å²) in [6.07, 6.45) is 1.86. The normalized spacial score (nSPS) is 13.0. The maximum absolute atomic E-state index is 11.7. The molecule has 1 unspecified atom stereocenters. The van der Waals surface area contributed by atoms with Crippen molar-refractivity contribution in [2.45, 2.75) is 39.2 Å². The Morgan fingerprint density at radius 1 is 1.33 bits per heavy atom. The zero-order chi connectivity index (χ0) is 13.9. The number of anilines is 1. The Morgan fingerprint density at radius 2 is 1.94 bits per heavy atom. The van der Waals surface area contributed by atoms with E-state index >= 15 is 0 Å². The Balaban J connectivity index is 2.73. The van der Waals surface area contributed by atoms with Gasteiger partial charge < -0.3 is 10.2 Å². The molecule has 0 aliphatic carbocycles. The Bertz CT molecular complexity index is 404. The van der Waals surface area contributed by atoms with E-state index in [-0.39, 0.29) is 17.4 Å². The molecule has 4 heteroatoms. The minimum atomic E-state index is -0.270. The largest absolute Gasteiger partial charge is 0.359 e. The highest BCUT2D eigenvalue weighted by atomic mass is 16.2. The van der Waals surface area contributed by atoms with Gasteiger partial charge in [-0.25, -0.2) is 4.98 Å².